The number of hydrogen-bond acceptors (Lipinski definition) is 3. The third kappa shape index (κ3) is 4.12. The average Bonchev–Trinajstić information content (AvgIpc) is 2.64. The molecule has 3 aromatic rings. The van der Waals surface area contributed by atoms with E-state index in [9.17, 15) is 22.0 Å². The summed E-state index contributed by atoms with van der Waals surface area (Å²) in [6.45, 7) is -0.550. The molecule has 0 aromatic heterocycles. The van der Waals surface area contributed by atoms with Gasteiger partial charge in [0, 0.05) is 13.1 Å². The molecule has 0 unspecified atom stereocenters. The SMILES string of the molecule is CN(CC(=O)Nc1cc(F)ccc1F)S(=O)(=O)c1ccc2ccccc2c1. The van der Waals surface area contributed by atoms with Gasteiger partial charge in [-0.1, -0.05) is 30.3 Å². The van der Waals surface area contributed by atoms with Gasteiger partial charge in [0.1, 0.15) is 11.6 Å². The number of halogens is 2. The van der Waals surface area contributed by atoms with Gasteiger partial charge in [-0.05, 0) is 35.0 Å². The molecule has 3 aromatic carbocycles. The number of rotatable bonds is 5. The number of sulfonamides is 1. The van der Waals surface area contributed by atoms with Gasteiger partial charge in [-0.2, -0.15) is 4.31 Å². The molecular weight excluding hydrogens is 374 g/mol. The zero-order chi connectivity index (χ0) is 19.6. The van der Waals surface area contributed by atoms with E-state index in [4.69, 9.17) is 0 Å². The molecule has 140 valence electrons. The highest BCUT2D eigenvalue weighted by Crippen LogP contribution is 2.21. The fraction of sp³-hybridized carbons (Fsp3) is 0.105. The van der Waals surface area contributed by atoms with E-state index in [2.05, 4.69) is 5.32 Å². The summed E-state index contributed by atoms with van der Waals surface area (Å²) in [6.07, 6.45) is 0. The first-order valence-corrected chi connectivity index (χ1v) is 9.41. The summed E-state index contributed by atoms with van der Waals surface area (Å²) in [6, 6.07) is 14.6. The standard InChI is InChI=1S/C19H16F2N2O3S/c1-23(12-19(24)22-18-11-15(20)7-9-17(18)21)27(25,26)16-8-6-13-4-2-3-5-14(13)10-16/h2-11H,12H2,1H3,(H,22,24). The Kier molecular flexibility index (Phi) is 5.20. The van der Waals surface area contributed by atoms with Gasteiger partial charge in [0.05, 0.1) is 17.1 Å². The van der Waals surface area contributed by atoms with Gasteiger partial charge in [0.2, 0.25) is 15.9 Å². The third-order valence-electron chi connectivity index (χ3n) is 4.00. The summed E-state index contributed by atoms with van der Waals surface area (Å²) >= 11 is 0. The molecule has 27 heavy (non-hydrogen) atoms. The van der Waals surface area contributed by atoms with Crippen LogP contribution in [-0.4, -0.2) is 32.2 Å². The summed E-state index contributed by atoms with van der Waals surface area (Å²) in [5.41, 5.74) is -0.350. The predicted octanol–water partition coefficient (Wildman–Crippen LogP) is 3.38. The van der Waals surface area contributed by atoms with Gasteiger partial charge in [-0.15, -0.1) is 0 Å². The predicted molar refractivity (Wildman–Crippen MR) is 98.8 cm³/mol. The van der Waals surface area contributed by atoms with Crippen LogP contribution >= 0.6 is 0 Å². The molecule has 0 spiro atoms. The minimum absolute atomic E-state index is 0.0356. The van der Waals surface area contributed by atoms with Crippen LogP contribution in [0.5, 0.6) is 0 Å². The van der Waals surface area contributed by atoms with E-state index in [0.717, 1.165) is 33.3 Å². The third-order valence-corrected chi connectivity index (χ3v) is 5.80. The monoisotopic (exact) mass is 390 g/mol. The van der Waals surface area contributed by atoms with Crippen LogP contribution in [0.25, 0.3) is 10.8 Å². The normalized spacial score (nSPS) is 11.7. The van der Waals surface area contributed by atoms with Crippen LogP contribution in [0.3, 0.4) is 0 Å². The molecule has 0 aliphatic rings. The number of nitrogens with zero attached hydrogens (tertiary/aromatic N) is 1. The average molecular weight is 390 g/mol. The van der Waals surface area contributed by atoms with Crippen molar-refractivity contribution in [3.63, 3.8) is 0 Å². The fourth-order valence-corrected chi connectivity index (χ4v) is 3.74. The maximum Gasteiger partial charge on any atom is 0.243 e. The van der Waals surface area contributed by atoms with Crippen molar-refractivity contribution in [2.75, 3.05) is 18.9 Å². The molecule has 0 radical (unpaired) electrons. The van der Waals surface area contributed by atoms with E-state index in [-0.39, 0.29) is 10.6 Å². The summed E-state index contributed by atoms with van der Waals surface area (Å²) in [5.74, 6) is -2.32. The molecular formula is C19H16F2N2O3S. The van der Waals surface area contributed by atoms with Crippen molar-refractivity contribution in [3.05, 3.63) is 72.3 Å². The van der Waals surface area contributed by atoms with Crippen LogP contribution in [0.1, 0.15) is 0 Å². The zero-order valence-electron chi connectivity index (χ0n) is 14.3. The summed E-state index contributed by atoms with van der Waals surface area (Å²) in [5, 5.41) is 3.81. The van der Waals surface area contributed by atoms with Gasteiger partial charge in [-0.25, -0.2) is 17.2 Å². The highest BCUT2D eigenvalue weighted by Gasteiger charge is 2.23. The molecule has 0 fully saturated rings. The summed E-state index contributed by atoms with van der Waals surface area (Å²) in [4.78, 5) is 12.1. The lowest BCUT2D eigenvalue weighted by Crippen LogP contribution is -2.35. The van der Waals surface area contributed by atoms with E-state index in [1.165, 1.54) is 19.2 Å². The molecule has 8 heteroatoms. The number of fused-ring (bicyclic) bond motifs is 1. The lowest BCUT2D eigenvalue weighted by atomic mass is 10.1. The molecule has 0 saturated heterocycles. The highest BCUT2D eigenvalue weighted by molar-refractivity contribution is 7.89. The second kappa shape index (κ2) is 7.42. The smallest absolute Gasteiger partial charge is 0.243 e. The van der Waals surface area contributed by atoms with Crippen molar-refractivity contribution in [3.8, 4) is 0 Å². The Hall–Kier alpha value is -2.84. The molecule has 0 bridgehead atoms. The van der Waals surface area contributed by atoms with E-state index >= 15 is 0 Å². The first-order valence-electron chi connectivity index (χ1n) is 7.97. The number of anilines is 1. The van der Waals surface area contributed by atoms with Crippen LogP contribution in [0, 0.1) is 11.6 Å². The quantitative estimate of drug-likeness (QED) is 0.726. The molecule has 0 heterocycles. The molecule has 1 N–H and O–H groups in total. The molecule has 0 aliphatic carbocycles. The Bertz CT molecular complexity index is 1120. The van der Waals surface area contributed by atoms with Crippen molar-refractivity contribution < 1.29 is 22.0 Å². The second-order valence-corrected chi connectivity index (χ2v) is 7.99. The number of amides is 1. The van der Waals surface area contributed by atoms with Crippen LogP contribution in [0.4, 0.5) is 14.5 Å². The van der Waals surface area contributed by atoms with E-state index < -0.39 is 34.1 Å². The van der Waals surface area contributed by atoms with Crippen LogP contribution in [-0.2, 0) is 14.8 Å². The fourth-order valence-electron chi connectivity index (χ4n) is 2.58. The Labute approximate surface area is 155 Å². The van der Waals surface area contributed by atoms with Crippen LogP contribution in [0.15, 0.2) is 65.6 Å². The lowest BCUT2D eigenvalue weighted by Gasteiger charge is -2.17. The Morgan fingerprint density at radius 3 is 2.44 bits per heavy atom. The largest absolute Gasteiger partial charge is 0.322 e. The number of likely N-dealkylation sites (N-methyl/N-ethyl adjacent to an activating group) is 1. The Morgan fingerprint density at radius 1 is 1.00 bits per heavy atom. The van der Waals surface area contributed by atoms with Crippen molar-refractivity contribution in [2.45, 2.75) is 4.90 Å². The molecule has 5 nitrogen and oxygen atoms in total. The molecule has 1 amide bonds. The van der Waals surface area contributed by atoms with Crippen molar-refractivity contribution in [2.24, 2.45) is 0 Å². The summed E-state index contributed by atoms with van der Waals surface area (Å²) in [7, 11) is -2.69. The van der Waals surface area contributed by atoms with Gasteiger partial charge < -0.3 is 5.32 Å². The first-order chi connectivity index (χ1) is 12.8. The topological polar surface area (TPSA) is 66.5 Å². The first kappa shape index (κ1) is 18.9. The Morgan fingerprint density at radius 2 is 1.70 bits per heavy atom. The number of carbonyl (C=O) groups excluding carboxylic acids is 1. The van der Waals surface area contributed by atoms with Gasteiger partial charge >= 0.3 is 0 Å². The maximum absolute atomic E-state index is 13.6. The van der Waals surface area contributed by atoms with Gasteiger partial charge in [0.15, 0.2) is 0 Å². The van der Waals surface area contributed by atoms with Crippen molar-refractivity contribution in [1.82, 2.24) is 4.31 Å². The number of carbonyl (C=O) groups is 1. The minimum Gasteiger partial charge on any atom is -0.322 e. The van der Waals surface area contributed by atoms with E-state index in [1.807, 2.05) is 12.1 Å². The van der Waals surface area contributed by atoms with Gasteiger partial charge in [-0.3, -0.25) is 4.79 Å². The van der Waals surface area contributed by atoms with E-state index in [1.54, 1.807) is 18.2 Å². The lowest BCUT2D eigenvalue weighted by molar-refractivity contribution is -0.116. The zero-order valence-corrected chi connectivity index (χ0v) is 15.1. The highest BCUT2D eigenvalue weighted by atomic mass is 32.2. The van der Waals surface area contributed by atoms with E-state index in [0.29, 0.717) is 0 Å². The van der Waals surface area contributed by atoms with Crippen LogP contribution in [0.2, 0.25) is 0 Å². The molecule has 0 saturated carbocycles. The summed E-state index contributed by atoms with van der Waals surface area (Å²) < 4.78 is 53.0. The maximum atomic E-state index is 13.6. The number of hydrogen-bond donors (Lipinski definition) is 1. The molecule has 3 rings (SSSR count). The Balaban J connectivity index is 1.78. The number of nitrogens with one attached hydrogen (secondary N) is 1. The minimum atomic E-state index is -3.93. The number of benzene rings is 3. The molecule has 0 aliphatic heterocycles. The second-order valence-electron chi connectivity index (χ2n) is 5.94. The van der Waals surface area contributed by atoms with Crippen molar-refractivity contribution in [1.29, 1.82) is 0 Å². The van der Waals surface area contributed by atoms with Gasteiger partial charge in [0.25, 0.3) is 0 Å². The molecule has 0 atom stereocenters. The van der Waals surface area contributed by atoms with Crippen molar-refractivity contribution >= 4 is 32.4 Å². The van der Waals surface area contributed by atoms with Crippen LogP contribution < -0.4 is 5.32 Å².